The molecule has 7 N–H and O–H groups in total. The predicted octanol–water partition coefficient (Wildman–Crippen LogP) is -4.76. The standard InChI is InChI=1S/C11H20O10/c12-1-4-6(15)9(8(17)10(18)20-4)21-11-7(16)5(14)3(13)2-19-11/h3-18H,1-2H2/t3-,4-,5+,6-,7-,8-,9+,10-,11-/m1/s1. The van der Waals surface area contributed by atoms with Gasteiger partial charge in [-0.15, -0.1) is 0 Å². The lowest BCUT2D eigenvalue weighted by Crippen LogP contribution is -2.62. The Bertz CT molecular complexity index is 341. The average Bonchev–Trinajstić information content (AvgIpc) is 2.47. The number of hydrogen-bond acceptors (Lipinski definition) is 10. The fraction of sp³-hybridized carbons (Fsp3) is 1.00. The minimum Gasteiger partial charge on any atom is -0.394 e. The summed E-state index contributed by atoms with van der Waals surface area (Å²) in [5.41, 5.74) is 0. The Hall–Kier alpha value is -0.400. The highest BCUT2D eigenvalue weighted by Crippen LogP contribution is 2.26. The topological polar surface area (TPSA) is 169 Å². The van der Waals surface area contributed by atoms with Gasteiger partial charge in [-0.1, -0.05) is 0 Å². The van der Waals surface area contributed by atoms with E-state index in [0.717, 1.165) is 0 Å². The largest absolute Gasteiger partial charge is 0.394 e. The van der Waals surface area contributed by atoms with E-state index in [4.69, 9.17) is 19.3 Å². The highest BCUT2D eigenvalue weighted by molar-refractivity contribution is 4.91. The van der Waals surface area contributed by atoms with Gasteiger partial charge in [-0.3, -0.25) is 0 Å². The maximum Gasteiger partial charge on any atom is 0.186 e. The van der Waals surface area contributed by atoms with E-state index in [0.29, 0.717) is 0 Å². The van der Waals surface area contributed by atoms with Crippen molar-refractivity contribution in [1.29, 1.82) is 0 Å². The summed E-state index contributed by atoms with van der Waals surface area (Å²) in [6, 6.07) is 0. The molecule has 2 saturated heterocycles. The third-order valence-electron chi connectivity index (χ3n) is 3.59. The van der Waals surface area contributed by atoms with E-state index in [9.17, 15) is 30.6 Å². The molecular weight excluding hydrogens is 292 g/mol. The second kappa shape index (κ2) is 6.79. The predicted molar refractivity (Wildman–Crippen MR) is 62.6 cm³/mol. The maximum absolute atomic E-state index is 9.92. The molecule has 2 heterocycles. The van der Waals surface area contributed by atoms with Crippen molar-refractivity contribution in [3.8, 4) is 0 Å². The lowest BCUT2D eigenvalue weighted by atomic mass is 9.98. The Kier molecular flexibility index (Phi) is 5.48. The first-order valence-corrected chi connectivity index (χ1v) is 6.48. The van der Waals surface area contributed by atoms with E-state index in [1.165, 1.54) is 0 Å². The molecule has 0 amide bonds. The zero-order valence-corrected chi connectivity index (χ0v) is 11.0. The molecule has 0 bridgehead atoms. The summed E-state index contributed by atoms with van der Waals surface area (Å²) in [7, 11) is 0. The van der Waals surface area contributed by atoms with Crippen LogP contribution in [0.25, 0.3) is 0 Å². The molecular formula is C11H20O10. The molecule has 0 spiro atoms. The van der Waals surface area contributed by atoms with Crippen LogP contribution >= 0.6 is 0 Å². The van der Waals surface area contributed by atoms with Crippen LogP contribution in [0.2, 0.25) is 0 Å². The Morgan fingerprint density at radius 2 is 1.57 bits per heavy atom. The van der Waals surface area contributed by atoms with Gasteiger partial charge >= 0.3 is 0 Å². The molecule has 10 heteroatoms. The van der Waals surface area contributed by atoms with E-state index in [1.54, 1.807) is 0 Å². The first-order valence-electron chi connectivity index (χ1n) is 6.48. The van der Waals surface area contributed by atoms with Crippen LogP contribution in [0.5, 0.6) is 0 Å². The molecule has 0 aromatic carbocycles. The monoisotopic (exact) mass is 312 g/mol. The molecule has 2 rings (SSSR count). The van der Waals surface area contributed by atoms with Crippen molar-refractivity contribution in [1.82, 2.24) is 0 Å². The molecule has 0 aromatic rings. The van der Waals surface area contributed by atoms with Gasteiger partial charge in [-0.2, -0.15) is 0 Å². The van der Waals surface area contributed by atoms with E-state index >= 15 is 0 Å². The number of ether oxygens (including phenoxy) is 3. The van der Waals surface area contributed by atoms with Crippen LogP contribution in [-0.2, 0) is 14.2 Å². The summed E-state index contributed by atoms with van der Waals surface area (Å²) in [5, 5.41) is 66.8. The summed E-state index contributed by atoms with van der Waals surface area (Å²) < 4.78 is 15.0. The summed E-state index contributed by atoms with van der Waals surface area (Å²) in [5.74, 6) is 0. The van der Waals surface area contributed by atoms with Crippen molar-refractivity contribution >= 4 is 0 Å². The van der Waals surface area contributed by atoms with Crippen molar-refractivity contribution in [3.63, 3.8) is 0 Å². The average molecular weight is 312 g/mol. The minimum absolute atomic E-state index is 0.315. The second-order valence-electron chi connectivity index (χ2n) is 5.08. The molecule has 9 atom stereocenters. The van der Waals surface area contributed by atoms with E-state index in [1.807, 2.05) is 0 Å². The molecule has 0 saturated carbocycles. The van der Waals surface area contributed by atoms with Gasteiger partial charge in [0.1, 0.15) is 42.7 Å². The quantitative estimate of drug-likeness (QED) is 0.268. The van der Waals surface area contributed by atoms with Crippen LogP contribution < -0.4 is 0 Å². The molecule has 0 aliphatic carbocycles. The van der Waals surface area contributed by atoms with Gasteiger partial charge in [0, 0.05) is 0 Å². The zero-order valence-electron chi connectivity index (χ0n) is 11.0. The van der Waals surface area contributed by atoms with Crippen molar-refractivity contribution < 1.29 is 50.0 Å². The van der Waals surface area contributed by atoms with Crippen LogP contribution in [0.3, 0.4) is 0 Å². The van der Waals surface area contributed by atoms with Crippen molar-refractivity contribution in [3.05, 3.63) is 0 Å². The van der Waals surface area contributed by atoms with Gasteiger partial charge in [0.15, 0.2) is 12.6 Å². The van der Waals surface area contributed by atoms with E-state index in [-0.39, 0.29) is 6.61 Å². The van der Waals surface area contributed by atoms with Gasteiger partial charge in [0.25, 0.3) is 0 Å². The van der Waals surface area contributed by atoms with Crippen molar-refractivity contribution in [2.45, 2.75) is 55.3 Å². The van der Waals surface area contributed by atoms with Crippen molar-refractivity contribution in [2.24, 2.45) is 0 Å². The fourth-order valence-corrected chi connectivity index (χ4v) is 2.28. The molecule has 124 valence electrons. The lowest BCUT2D eigenvalue weighted by molar-refractivity contribution is -0.343. The zero-order chi connectivity index (χ0) is 15.7. The van der Waals surface area contributed by atoms with Crippen LogP contribution in [-0.4, -0.2) is 104 Å². The van der Waals surface area contributed by atoms with E-state index < -0.39 is 61.9 Å². The van der Waals surface area contributed by atoms with Crippen LogP contribution in [0, 0.1) is 0 Å². The minimum atomic E-state index is -1.70. The van der Waals surface area contributed by atoms with E-state index in [2.05, 4.69) is 0 Å². The number of rotatable bonds is 3. The highest BCUT2D eigenvalue weighted by Gasteiger charge is 2.48. The summed E-state index contributed by atoms with van der Waals surface area (Å²) in [6.45, 7) is -0.940. The second-order valence-corrected chi connectivity index (χ2v) is 5.08. The fourth-order valence-electron chi connectivity index (χ4n) is 2.28. The molecule has 10 nitrogen and oxygen atoms in total. The third kappa shape index (κ3) is 3.35. The van der Waals surface area contributed by atoms with Crippen molar-refractivity contribution in [2.75, 3.05) is 13.2 Å². The van der Waals surface area contributed by atoms with Crippen LogP contribution in [0.1, 0.15) is 0 Å². The Morgan fingerprint density at radius 1 is 0.905 bits per heavy atom. The SMILES string of the molecule is OC[C@H]1O[C@@H](O)[C@H](O)[C@@H](O[C@H]2OC[C@@H](O)[C@H](O)[C@H]2O)[C@@H]1O. The molecule has 21 heavy (non-hydrogen) atoms. The summed E-state index contributed by atoms with van der Waals surface area (Å²) in [6.07, 6.45) is -13.3. The summed E-state index contributed by atoms with van der Waals surface area (Å²) >= 11 is 0. The maximum atomic E-state index is 9.92. The Labute approximate surface area is 119 Å². The van der Waals surface area contributed by atoms with Gasteiger partial charge in [0.2, 0.25) is 0 Å². The number of aliphatic hydroxyl groups is 7. The Morgan fingerprint density at radius 3 is 2.19 bits per heavy atom. The third-order valence-corrected chi connectivity index (χ3v) is 3.59. The normalized spacial score (nSPS) is 51.9. The number of hydrogen-bond donors (Lipinski definition) is 7. The first kappa shape index (κ1) is 17.0. The molecule has 2 fully saturated rings. The molecule has 0 unspecified atom stereocenters. The highest BCUT2D eigenvalue weighted by atomic mass is 16.7. The van der Waals surface area contributed by atoms with Gasteiger partial charge in [0.05, 0.1) is 13.2 Å². The lowest BCUT2D eigenvalue weighted by Gasteiger charge is -2.43. The smallest absolute Gasteiger partial charge is 0.186 e. The molecule has 2 aliphatic heterocycles. The van der Waals surface area contributed by atoms with Gasteiger partial charge in [-0.05, 0) is 0 Å². The first-order chi connectivity index (χ1) is 9.86. The van der Waals surface area contributed by atoms with Crippen LogP contribution in [0.15, 0.2) is 0 Å². The molecule has 0 radical (unpaired) electrons. The van der Waals surface area contributed by atoms with Crippen LogP contribution in [0.4, 0.5) is 0 Å². The molecule has 2 aliphatic rings. The van der Waals surface area contributed by atoms with Gasteiger partial charge < -0.3 is 50.0 Å². The summed E-state index contributed by atoms with van der Waals surface area (Å²) in [4.78, 5) is 0. The van der Waals surface area contributed by atoms with Gasteiger partial charge in [-0.25, -0.2) is 0 Å². The Balaban J connectivity index is 2.05. The number of aliphatic hydroxyl groups excluding tert-OH is 7. The molecule has 0 aromatic heterocycles.